The first-order valence-corrected chi connectivity index (χ1v) is 15.6. The van der Waals surface area contributed by atoms with Gasteiger partial charge >= 0.3 is 0 Å². The zero-order valence-corrected chi connectivity index (χ0v) is 25.5. The number of nitrogens with zero attached hydrogens (tertiary/aromatic N) is 4. The molecule has 228 valence electrons. The maximum Gasteiger partial charge on any atom is 0.253 e. The SMILES string of the molecule is Cc1cccc(OCCCC(=O)N2CCCc3c(-c4cnn(Cc5cccc(C(=O)N6CCC(O)C6)c5)c4)cccc32)c1C. The van der Waals surface area contributed by atoms with Crippen LogP contribution in [0.5, 0.6) is 5.75 Å². The van der Waals surface area contributed by atoms with Crippen molar-refractivity contribution in [2.24, 2.45) is 0 Å². The number of β-amino-alcohol motifs (C(OH)–C–C–N with tert-alkyl or cyclic N) is 1. The Balaban J connectivity index is 1.11. The first-order valence-electron chi connectivity index (χ1n) is 15.6. The molecule has 4 aromatic rings. The second kappa shape index (κ2) is 13.1. The summed E-state index contributed by atoms with van der Waals surface area (Å²) in [4.78, 5) is 29.9. The highest BCUT2D eigenvalue weighted by molar-refractivity contribution is 5.96. The van der Waals surface area contributed by atoms with E-state index >= 15 is 0 Å². The summed E-state index contributed by atoms with van der Waals surface area (Å²) in [6.07, 6.45) is 7.02. The van der Waals surface area contributed by atoms with Crippen molar-refractivity contribution in [3.05, 3.63) is 101 Å². The molecule has 0 radical (unpaired) electrons. The summed E-state index contributed by atoms with van der Waals surface area (Å²) < 4.78 is 7.87. The molecule has 3 aromatic carbocycles. The Morgan fingerprint density at radius 1 is 1.05 bits per heavy atom. The first kappa shape index (κ1) is 29.6. The van der Waals surface area contributed by atoms with Crippen LogP contribution in [0.15, 0.2) is 73.1 Å². The van der Waals surface area contributed by atoms with Crippen molar-refractivity contribution in [2.45, 2.75) is 58.6 Å². The van der Waals surface area contributed by atoms with Gasteiger partial charge in [0, 0.05) is 49.1 Å². The third kappa shape index (κ3) is 6.40. The van der Waals surface area contributed by atoms with Gasteiger partial charge in [0.15, 0.2) is 0 Å². The number of anilines is 1. The van der Waals surface area contributed by atoms with Gasteiger partial charge in [-0.05, 0) is 91.6 Å². The Morgan fingerprint density at radius 3 is 2.73 bits per heavy atom. The summed E-state index contributed by atoms with van der Waals surface area (Å²) in [6, 6.07) is 19.9. The average Bonchev–Trinajstić information content (AvgIpc) is 3.69. The lowest BCUT2D eigenvalue weighted by Gasteiger charge is -2.31. The van der Waals surface area contributed by atoms with Crippen LogP contribution in [0.1, 0.15) is 58.3 Å². The third-order valence-corrected chi connectivity index (χ3v) is 8.81. The normalized spacial score (nSPS) is 16.2. The van der Waals surface area contributed by atoms with Crippen molar-refractivity contribution < 1.29 is 19.4 Å². The van der Waals surface area contributed by atoms with Crippen LogP contribution >= 0.6 is 0 Å². The molecule has 2 amide bonds. The van der Waals surface area contributed by atoms with Gasteiger partial charge in [-0.15, -0.1) is 0 Å². The van der Waals surface area contributed by atoms with Crippen molar-refractivity contribution >= 4 is 17.5 Å². The first-order chi connectivity index (χ1) is 21.4. The Labute approximate surface area is 258 Å². The largest absolute Gasteiger partial charge is 0.493 e. The predicted octanol–water partition coefficient (Wildman–Crippen LogP) is 5.56. The summed E-state index contributed by atoms with van der Waals surface area (Å²) >= 11 is 0. The van der Waals surface area contributed by atoms with Gasteiger partial charge in [0.2, 0.25) is 5.91 Å². The molecule has 1 saturated heterocycles. The summed E-state index contributed by atoms with van der Waals surface area (Å²) in [5.41, 5.74) is 8.23. The number of rotatable bonds is 9. The summed E-state index contributed by atoms with van der Waals surface area (Å²) in [5, 5.41) is 14.5. The maximum absolute atomic E-state index is 13.3. The van der Waals surface area contributed by atoms with Gasteiger partial charge in [0.25, 0.3) is 5.91 Å². The van der Waals surface area contributed by atoms with Gasteiger partial charge in [0.05, 0.1) is 25.5 Å². The number of hydrogen-bond acceptors (Lipinski definition) is 5. The fourth-order valence-electron chi connectivity index (χ4n) is 6.26. The minimum atomic E-state index is -0.438. The van der Waals surface area contributed by atoms with E-state index in [4.69, 9.17) is 4.74 Å². The topological polar surface area (TPSA) is 87.9 Å². The number of aliphatic hydroxyl groups is 1. The summed E-state index contributed by atoms with van der Waals surface area (Å²) in [6.45, 7) is 6.87. The minimum Gasteiger partial charge on any atom is -0.493 e. The van der Waals surface area contributed by atoms with Gasteiger partial charge in [0.1, 0.15) is 5.75 Å². The van der Waals surface area contributed by atoms with Gasteiger partial charge in [-0.2, -0.15) is 5.10 Å². The van der Waals surface area contributed by atoms with Crippen LogP contribution < -0.4 is 9.64 Å². The lowest BCUT2D eigenvalue weighted by atomic mass is 9.93. The highest BCUT2D eigenvalue weighted by Crippen LogP contribution is 2.36. The molecule has 1 N–H and O–H groups in total. The lowest BCUT2D eigenvalue weighted by molar-refractivity contribution is -0.118. The second-order valence-electron chi connectivity index (χ2n) is 11.9. The average molecular weight is 593 g/mol. The molecule has 3 heterocycles. The van der Waals surface area contributed by atoms with Crippen molar-refractivity contribution in [1.82, 2.24) is 14.7 Å². The van der Waals surface area contributed by atoms with E-state index in [0.717, 1.165) is 53.1 Å². The van der Waals surface area contributed by atoms with Gasteiger partial charge in [-0.1, -0.05) is 36.4 Å². The number of likely N-dealkylation sites (tertiary alicyclic amines) is 1. The van der Waals surface area contributed by atoms with Crippen molar-refractivity contribution in [2.75, 3.05) is 31.1 Å². The predicted molar refractivity (Wildman–Crippen MR) is 171 cm³/mol. The molecule has 6 rings (SSSR count). The number of ether oxygens (including phenoxy) is 1. The molecular weight excluding hydrogens is 552 g/mol. The standard InChI is InChI=1S/C36H40N4O4/c1-25-8-3-14-34(26(25)2)44-19-7-15-35(42)40-17-6-12-32-31(11-5-13-33(32)40)29-21-37-39(23-29)22-27-9-4-10-28(20-27)36(43)38-18-16-30(41)24-38/h3-5,8-11,13-14,20-21,23,30,41H,6-7,12,15-19,22,24H2,1-2H3. The fraction of sp³-hybridized carbons (Fsp3) is 0.361. The summed E-state index contributed by atoms with van der Waals surface area (Å²) in [5.74, 6) is 0.963. The number of carbonyl (C=O) groups is 2. The smallest absolute Gasteiger partial charge is 0.253 e. The number of aromatic nitrogens is 2. The van der Waals surface area contributed by atoms with E-state index in [0.29, 0.717) is 51.1 Å². The van der Waals surface area contributed by atoms with E-state index in [-0.39, 0.29) is 11.8 Å². The number of amides is 2. The number of benzene rings is 3. The van der Waals surface area contributed by atoms with E-state index in [1.165, 1.54) is 11.1 Å². The molecule has 2 aliphatic heterocycles. The molecule has 1 unspecified atom stereocenters. The second-order valence-corrected chi connectivity index (χ2v) is 11.9. The zero-order chi connectivity index (χ0) is 30.6. The number of hydrogen-bond donors (Lipinski definition) is 1. The number of aryl methyl sites for hydroxylation is 1. The number of aliphatic hydroxyl groups excluding tert-OH is 1. The van der Waals surface area contributed by atoms with Crippen LogP contribution in [0.3, 0.4) is 0 Å². The van der Waals surface area contributed by atoms with Crippen LogP contribution in [-0.2, 0) is 17.8 Å². The molecule has 0 aliphatic carbocycles. The van der Waals surface area contributed by atoms with Crippen LogP contribution in [0.25, 0.3) is 11.1 Å². The van der Waals surface area contributed by atoms with Crippen LogP contribution in [0.4, 0.5) is 5.69 Å². The molecule has 0 spiro atoms. The highest BCUT2D eigenvalue weighted by atomic mass is 16.5. The Hall–Kier alpha value is -4.43. The van der Waals surface area contributed by atoms with Crippen LogP contribution in [0, 0.1) is 13.8 Å². The monoisotopic (exact) mass is 592 g/mol. The quantitative estimate of drug-likeness (QED) is 0.257. The van der Waals surface area contributed by atoms with E-state index in [2.05, 4.69) is 37.1 Å². The molecule has 1 atom stereocenters. The van der Waals surface area contributed by atoms with Crippen molar-refractivity contribution in [3.8, 4) is 16.9 Å². The molecular formula is C36H40N4O4. The number of carbonyl (C=O) groups excluding carboxylic acids is 2. The Kier molecular flexibility index (Phi) is 8.79. The van der Waals surface area contributed by atoms with Crippen molar-refractivity contribution in [3.63, 3.8) is 0 Å². The summed E-state index contributed by atoms with van der Waals surface area (Å²) in [7, 11) is 0. The van der Waals surface area contributed by atoms with Crippen molar-refractivity contribution in [1.29, 1.82) is 0 Å². The Morgan fingerprint density at radius 2 is 1.89 bits per heavy atom. The van der Waals surface area contributed by atoms with Gasteiger partial charge < -0.3 is 19.6 Å². The zero-order valence-electron chi connectivity index (χ0n) is 25.5. The van der Waals surface area contributed by atoms with Crippen LogP contribution in [0.2, 0.25) is 0 Å². The van der Waals surface area contributed by atoms with E-state index in [1.807, 2.05) is 64.4 Å². The molecule has 1 aromatic heterocycles. The van der Waals surface area contributed by atoms with Crippen LogP contribution in [-0.4, -0.2) is 63.9 Å². The molecule has 0 bridgehead atoms. The van der Waals surface area contributed by atoms with Gasteiger partial charge in [-0.3, -0.25) is 14.3 Å². The maximum atomic E-state index is 13.3. The molecule has 44 heavy (non-hydrogen) atoms. The minimum absolute atomic E-state index is 0.0477. The van der Waals surface area contributed by atoms with E-state index in [9.17, 15) is 14.7 Å². The third-order valence-electron chi connectivity index (χ3n) is 8.81. The lowest BCUT2D eigenvalue weighted by Crippen LogP contribution is -2.35. The highest BCUT2D eigenvalue weighted by Gasteiger charge is 2.26. The molecule has 0 saturated carbocycles. The molecule has 2 aliphatic rings. The molecule has 8 heteroatoms. The van der Waals surface area contributed by atoms with Gasteiger partial charge in [-0.25, -0.2) is 0 Å². The van der Waals surface area contributed by atoms with E-state index < -0.39 is 6.10 Å². The van der Waals surface area contributed by atoms with E-state index in [1.54, 1.807) is 4.90 Å². The molecule has 8 nitrogen and oxygen atoms in total. The fourth-order valence-corrected chi connectivity index (χ4v) is 6.26. The number of fused-ring (bicyclic) bond motifs is 1. The molecule has 1 fully saturated rings. The Bertz CT molecular complexity index is 1660.